The van der Waals surface area contributed by atoms with E-state index in [0.29, 0.717) is 16.3 Å². The Hall–Kier alpha value is -4.08. The maximum atomic E-state index is 13.7. The number of thiazole rings is 1. The highest BCUT2D eigenvalue weighted by atomic mass is 32.1. The molecule has 0 unspecified atom stereocenters. The van der Waals surface area contributed by atoms with Gasteiger partial charge in [-0.15, -0.1) is 0 Å². The molecule has 9 heteroatoms. The number of amides is 2. The third kappa shape index (κ3) is 5.35. The first-order valence-corrected chi connectivity index (χ1v) is 14.2. The zero-order valence-corrected chi connectivity index (χ0v) is 23.1. The van der Waals surface area contributed by atoms with Crippen LogP contribution in [-0.2, 0) is 4.79 Å². The molecular formula is C31H30FN5O2S. The number of nitrogens with zero attached hydrogens (tertiary/aromatic N) is 2. The smallest absolute Gasteiger partial charge is 0.253 e. The van der Waals surface area contributed by atoms with Gasteiger partial charge in [0.2, 0.25) is 5.91 Å². The molecule has 0 saturated carbocycles. The van der Waals surface area contributed by atoms with Crippen LogP contribution in [-0.4, -0.2) is 46.8 Å². The summed E-state index contributed by atoms with van der Waals surface area (Å²) >= 11 is 1.47. The van der Waals surface area contributed by atoms with Crippen molar-refractivity contribution < 1.29 is 14.0 Å². The summed E-state index contributed by atoms with van der Waals surface area (Å²) in [6, 6.07) is 17.9. The van der Waals surface area contributed by atoms with Crippen molar-refractivity contribution >= 4 is 49.4 Å². The van der Waals surface area contributed by atoms with Crippen molar-refractivity contribution in [3.8, 4) is 11.1 Å². The molecule has 2 aromatic heterocycles. The highest BCUT2D eigenvalue weighted by molar-refractivity contribution is 7.22. The van der Waals surface area contributed by atoms with E-state index in [1.54, 1.807) is 18.3 Å². The zero-order valence-electron chi connectivity index (χ0n) is 22.3. The van der Waals surface area contributed by atoms with Crippen LogP contribution in [0.1, 0.15) is 41.7 Å². The van der Waals surface area contributed by atoms with Crippen LogP contribution < -0.4 is 10.6 Å². The lowest BCUT2D eigenvalue weighted by Crippen LogP contribution is -2.35. The van der Waals surface area contributed by atoms with Gasteiger partial charge in [0.05, 0.1) is 21.8 Å². The van der Waals surface area contributed by atoms with E-state index in [2.05, 4.69) is 38.6 Å². The monoisotopic (exact) mass is 555 g/mol. The average molecular weight is 556 g/mol. The summed E-state index contributed by atoms with van der Waals surface area (Å²) in [6.45, 7) is 3.70. The first-order valence-electron chi connectivity index (χ1n) is 13.4. The normalized spacial score (nSPS) is 15.4. The summed E-state index contributed by atoms with van der Waals surface area (Å²) in [7, 11) is 2.08. The third-order valence-electron chi connectivity index (χ3n) is 7.66. The van der Waals surface area contributed by atoms with E-state index in [0.717, 1.165) is 58.2 Å². The molecule has 5 aromatic rings. The Balaban J connectivity index is 1.21. The van der Waals surface area contributed by atoms with Crippen molar-refractivity contribution in [2.24, 2.45) is 5.92 Å². The number of nitrogens with one attached hydrogen (secondary N) is 3. The number of hydrogen-bond donors (Lipinski definition) is 3. The minimum absolute atomic E-state index is 0.0232. The molecule has 0 spiro atoms. The molecule has 0 aliphatic carbocycles. The van der Waals surface area contributed by atoms with Crippen LogP contribution in [0.5, 0.6) is 0 Å². The highest BCUT2D eigenvalue weighted by Gasteiger charge is 2.24. The number of benzene rings is 3. The largest absolute Gasteiger partial charge is 0.360 e. The molecule has 7 nitrogen and oxygen atoms in total. The van der Waals surface area contributed by atoms with Gasteiger partial charge in [-0.25, -0.2) is 9.37 Å². The predicted octanol–water partition coefficient (Wildman–Crippen LogP) is 6.36. The minimum Gasteiger partial charge on any atom is -0.360 e. The lowest BCUT2D eigenvalue weighted by Gasteiger charge is -2.27. The second-order valence-corrected chi connectivity index (χ2v) is 11.5. The standard InChI is InChI=1S/C31H30FN5O2S/c1-18(20-4-3-5-23(32)14-20)34-30(39)25-17-33-26-8-6-21(15-24(25)26)22-7-9-27-28(16-22)40-31(35-27)36-29(38)19-10-12-37(2)13-11-19/h3-9,14-19,33H,10-13H2,1-2H3,(H,34,39)(H,35,36,38)/t18-/m0/s1. The number of H-pyrrole nitrogens is 1. The number of rotatable bonds is 6. The number of carbonyl (C=O) groups is 2. The molecular weight excluding hydrogens is 525 g/mol. The number of fused-ring (bicyclic) bond motifs is 2. The van der Waals surface area contributed by atoms with Crippen molar-refractivity contribution in [2.75, 3.05) is 25.5 Å². The molecule has 1 fully saturated rings. The summed E-state index contributed by atoms with van der Waals surface area (Å²) in [4.78, 5) is 36.0. The van der Waals surface area contributed by atoms with Crippen molar-refractivity contribution in [2.45, 2.75) is 25.8 Å². The average Bonchev–Trinajstić information content (AvgIpc) is 3.56. The van der Waals surface area contributed by atoms with E-state index in [9.17, 15) is 14.0 Å². The van der Waals surface area contributed by atoms with E-state index < -0.39 is 0 Å². The fourth-order valence-corrected chi connectivity index (χ4v) is 6.17. The summed E-state index contributed by atoms with van der Waals surface area (Å²) in [5.41, 5.74) is 4.87. The van der Waals surface area contributed by atoms with Crippen LogP contribution in [0, 0.1) is 11.7 Å². The van der Waals surface area contributed by atoms with Crippen LogP contribution in [0.15, 0.2) is 66.9 Å². The molecule has 3 aromatic carbocycles. The molecule has 1 aliphatic rings. The van der Waals surface area contributed by atoms with Gasteiger partial charge in [0.25, 0.3) is 5.91 Å². The van der Waals surface area contributed by atoms with Gasteiger partial charge in [-0.2, -0.15) is 0 Å². The number of likely N-dealkylation sites (tertiary alicyclic amines) is 1. The predicted molar refractivity (Wildman–Crippen MR) is 158 cm³/mol. The van der Waals surface area contributed by atoms with Crippen LogP contribution >= 0.6 is 11.3 Å². The number of aromatic amines is 1. The van der Waals surface area contributed by atoms with Crippen molar-refractivity contribution in [3.63, 3.8) is 0 Å². The van der Waals surface area contributed by atoms with Crippen LogP contribution in [0.3, 0.4) is 0 Å². The second kappa shape index (κ2) is 10.8. The molecule has 204 valence electrons. The number of anilines is 1. The van der Waals surface area contributed by atoms with Gasteiger partial charge in [-0.1, -0.05) is 35.6 Å². The number of halogens is 1. The van der Waals surface area contributed by atoms with Gasteiger partial charge in [0.1, 0.15) is 5.82 Å². The molecule has 3 heterocycles. The Morgan fingerprint density at radius 1 is 1.07 bits per heavy atom. The van der Waals surface area contributed by atoms with Gasteiger partial charge in [0.15, 0.2) is 5.13 Å². The SMILES string of the molecule is C[C@H](NC(=O)c1c[nH]c2ccc(-c3ccc4nc(NC(=O)C5CCN(C)CC5)sc4c3)cc12)c1cccc(F)c1. The van der Waals surface area contributed by atoms with E-state index >= 15 is 0 Å². The van der Waals surface area contributed by atoms with E-state index in [-0.39, 0.29) is 29.6 Å². The number of aromatic nitrogens is 2. The second-order valence-electron chi connectivity index (χ2n) is 10.5. The van der Waals surface area contributed by atoms with Crippen molar-refractivity contribution in [1.29, 1.82) is 0 Å². The number of hydrogen-bond acceptors (Lipinski definition) is 5. The Kier molecular flexibility index (Phi) is 7.08. The molecule has 2 amide bonds. The van der Waals surface area contributed by atoms with Crippen molar-refractivity contribution in [1.82, 2.24) is 20.2 Å². The lowest BCUT2D eigenvalue weighted by atomic mass is 9.96. The van der Waals surface area contributed by atoms with Crippen LogP contribution in [0.4, 0.5) is 9.52 Å². The molecule has 3 N–H and O–H groups in total. The summed E-state index contributed by atoms with van der Waals surface area (Å²) in [6.07, 6.45) is 3.43. The maximum absolute atomic E-state index is 13.7. The molecule has 6 rings (SSSR count). The topological polar surface area (TPSA) is 90.1 Å². The minimum atomic E-state index is -0.348. The first kappa shape index (κ1) is 26.2. The molecule has 0 radical (unpaired) electrons. The first-order chi connectivity index (χ1) is 19.3. The fraction of sp³-hybridized carbons (Fsp3) is 0.258. The third-order valence-corrected chi connectivity index (χ3v) is 8.60. The van der Waals surface area contributed by atoms with E-state index in [4.69, 9.17) is 0 Å². The van der Waals surface area contributed by atoms with E-state index in [1.807, 2.05) is 37.3 Å². The number of carbonyl (C=O) groups excluding carboxylic acids is 2. The maximum Gasteiger partial charge on any atom is 0.253 e. The summed E-state index contributed by atoms with van der Waals surface area (Å²) in [5, 5.41) is 7.42. The highest BCUT2D eigenvalue weighted by Crippen LogP contribution is 2.33. The van der Waals surface area contributed by atoms with E-state index in [1.165, 1.54) is 23.5 Å². The van der Waals surface area contributed by atoms with Gasteiger partial charge in [-0.3, -0.25) is 9.59 Å². The fourth-order valence-electron chi connectivity index (χ4n) is 5.26. The van der Waals surface area contributed by atoms with Crippen molar-refractivity contribution in [3.05, 3.63) is 83.8 Å². The number of piperidine rings is 1. The Bertz CT molecular complexity index is 1720. The summed E-state index contributed by atoms with van der Waals surface area (Å²) in [5.74, 6) is -0.499. The van der Waals surface area contributed by atoms with Gasteiger partial charge >= 0.3 is 0 Å². The molecule has 40 heavy (non-hydrogen) atoms. The Morgan fingerprint density at radius 2 is 1.85 bits per heavy atom. The lowest BCUT2D eigenvalue weighted by molar-refractivity contribution is -0.121. The summed E-state index contributed by atoms with van der Waals surface area (Å²) < 4.78 is 14.6. The van der Waals surface area contributed by atoms with Crippen LogP contribution in [0.2, 0.25) is 0 Å². The van der Waals surface area contributed by atoms with Gasteiger partial charge < -0.3 is 20.5 Å². The van der Waals surface area contributed by atoms with Gasteiger partial charge in [-0.05, 0) is 93.0 Å². The quantitative estimate of drug-likeness (QED) is 0.228. The Morgan fingerprint density at radius 3 is 2.65 bits per heavy atom. The molecule has 1 atom stereocenters. The van der Waals surface area contributed by atoms with Gasteiger partial charge in [0, 0.05) is 23.0 Å². The molecule has 1 aliphatic heterocycles. The molecule has 1 saturated heterocycles. The molecule has 0 bridgehead atoms. The zero-order chi connectivity index (χ0) is 27.8. The Labute approximate surface area is 235 Å². The van der Waals surface area contributed by atoms with Crippen LogP contribution in [0.25, 0.3) is 32.2 Å².